The largest absolute Gasteiger partial charge is 0.335 e. The highest BCUT2D eigenvalue weighted by Crippen LogP contribution is 2.51. The van der Waals surface area contributed by atoms with Gasteiger partial charge in [-0.25, -0.2) is 0 Å². The molecule has 6 heteroatoms. The monoisotopic (exact) mass is 313 g/mol. The van der Waals surface area contributed by atoms with Crippen molar-refractivity contribution < 1.29 is 18.4 Å². The predicted octanol–water partition coefficient (Wildman–Crippen LogP) is 2.78. The summed E-state index contributed by atoms with van der Waals surface area (Å²) in [6.07, 6.45) is 1.79. The topological polar surface area (TPSA) is 64.6 Å². The minimum atomic E-state index is -3.06. The van der Waals surface area contributed by atoms with E-state index in [0.29, 0.717) is 19.6 Å². The molecule has 0 radical (unpaired) electrons. The molecule has 0 spiro atoms. The maximum absolute atomic E-state index is 12.4. The molecule has 0 aliphatic heterocycles. The van der Waals surface area contributed by atoms with Crippen molar-refractivity contribution in [2.45, 2.75) is 32.5 Å². The average Bonchev–Trinajstić information content (AvgIpc) is 2.47. The Labute approximate surface area is 126 Å². The highest BCUT2D eigenvalue weighted by atomic mass is 31.2. The fraction of sp³-hybridized carbons (Fsp3) is 0.533. The molecule has 0 aromatic heterocycles. The Balaban J connectivity index is 2.73. The summed E-state index contributed by atoms with van der Waals surface area (Å²) in [4.78, 5) is 10.8. The fourth-order valence-corrected chi connectivity index (χ4v) is 3.70. The van der Waals surface area contributed by atoms with Crippen molar-refractivity contribution in [2.24, 2.45) is 0 Å². The molecular formula is C15H24NO4P. The number of rotatable bonds is 10. The third-order valence-corrected chi connectivity index (χ3v) is 5.10. The molecule has 5 nitrogen and oxygen atoms in total. The maximum atomic E-state index is 12.4. The summed E-state index contributed by atoms with van der Waals surface area (Å²) in [7, 11) is -1.31. The highest BCUT2D eigenvalue weighted by molar-refractivity contribution is 7.53. The molecule has 0 aliphatic rings. The summed E-state index contributed by atoms with van der Waals surface area (Å²) >= 11 is 0. The van der Waals surface area contributed by atoms with Crippen molar-refractivity contribution in [1.29, 1.82) is 0 Å². The standard InChI is InChI=1S/C15H24NO4P/c1-4-19-21(18,20-5-2)12-14-8-6-13(7-9-14)10-15(11-17)16-3/h6-9,11,15-16H,4-5,10,12H2,1-3H3/t15-/m0/s1. The van der Waals surface area contributed by atoms with Crippen molar-refractivity contribution in [3.05, 3.63) is 35.4 Å². The van der Waals surface area contributed by atoms with E-state index in [0.717, 1.165) is 17.4 Å². The Morgan fingerprint density at radius 1 is 1.14 bits per heavy atom. The number of aldehydes is 1. The van der Waals surface area contributed by atoms with Gasteiger partial charge in [-0.1, -0.05) is 24.3 Å². The minimum Gasteiger partial charge on any atom is -0.311 e. The van der Waals surface area contributed by atoms with Crippen LogP contribution in [0.15, 0.2) is 24.3 Å². The number of nitrogens with one attached hydrogen (secondary N) is 1. The molecule has 0 amide bonds. The number of hydrogen-bond acceptors (Lipinski definition) is 5. The van der Waals surface area contributed by atoms with Crippen LogP contribution in [0, 0.1) is 0 Å². The molecule has 1 atom stereocenters. The van der Waals surface area contributed by atoms with Crippen LogP contribution in [0.2, 0.25) is 0 Å². The molecule has 1 N–H and O–H groups in total. The van der Waals surface area contributed by atoms with Crippen LogP contribution in [0.5, 0.6) is 0 Å². The third kappa shape index (κ3) is 6.10. The Hall–Kier alpha value is -1.00. The quantitative estimate of drug-likeness (QED) is 0.531. The lowest BCUT2D eigenvalue weighted by atomic mass is 10.1. The van der Waals surface area contributed by atoms with Crippen molar-refractivity contribution in [1.82, 2.24) is 5.32 Å². The van der Waals surface area contributed by atoms with E-state index in [-0.39, 0.29) is 12.2 Å². The zero-order chi connectivity index (χ0) is 15.7. The normalized spacial score (nSPS) is 13.1. The lowest BCUT2D eigenvalue weighted by Crippen LogP contribution is -2.28. The SMILES string of the molecule is CCOP(=O)(Cc1ccc(C[C@@H](C=O)NC)cc1)OCC. The second kappa shape index (κ2) is 9.11. The molecule has 0 aliphatic carbocycles. The molecule has 0 fully saturated rings. The van der Waals surface area contributed by atoms with Crippen LogP contribution in [0.1, 0.15) is 25.0 Å². The molecule has 0 unspecified atom stereocenters. The van der Waals surface area contributed by atoms with E-state index in [4.69, 9.17) is 9.05 Å². The van der Waals surface area contributed by atoms with E-state index < -0.39 is 7.60 Å². The van der Waals surface area contributed by atoms with E-state index >= 15 is 0 Å². The van der Waals surface area contributed by atoms with Crippen molar-refractivity contribution in [3.8, 4) is 0 Å². The summed E-state index contributed by atoms with van der Waals surface area (Å²) in [5.74, 6) is 0. The molecule has 21 heavy (non-hydrogen) atoms. The fourth-order valence-electron chi connectivity index (χ4n) is 2.00. The molecule has 0 heterocycles. The van der Waals surface area contributed by atoms with Gasteiger partial charge in [0.15, 0.2) is 0 Å². The molecule has 118 valence electrons. The molecule has 1 aromatic carbocycles. The molecular weight excluding hydrogens is 289 g/mol. The first-order chi connectivity index (χ1) is 10.1. The van der Waals surface area contributed by atoms with Gasteiger partial charge >= 0.3 is 7.60 Å². The Morgan fingerprint density at radius 3 is 2.10 bits per heavy atom. The molecule has 1 aromatic rings. The Kier molecular flexibility index (Phi) is 7.83. The van der Waals surface area contributed by atoms with Gasteiger partial charge < -0.3 is 19.2 Å². The van der Waals surface area contributed by atoms with Crippen LogP contribution >= 0.6 is 7.60 Å². The number of carbonyl (C=O) groups excluding carboxylic acids is 1. The van der Waals surface area contributed by atoms with E-state index in [2.05, 4.69) is 5.32 Å². The van der Waals surface area contributed by atoms with Gasteiger partial charge in [0.1, 0.15) is 6.29 Å². The Morgan fingerprint density at radius 2 is 1.67 bits per heavy atom. The highest BCUT2D eigenvalue weighted by Gasteiger charge is 2.23. The summed E-state index contributed by atoms with van der Waals surface area (Å²) in [6, 6.07) is 7.49. The van der Waals surface area contributed by atoms with Crippen molar-refractivity contribution in [2.75, 3.05) is 20.3 Å². The number of benzene rings is 1. The zero-order valence-corrected chi connectivity index (χ0v) is 13.8. The van der Waals surface area contributed by atoms with E-state index in [9.17, 15) is 9.36 Å². The van der Waals surface area contributed by atoms with E-state index in [1.54, 1.807) is 20.9 Å². The van der Waals surface area contributed by atoms with Crippen LogP contribution in [0.3, 0.4) is 0 Å². The van der Waals surface area contributed by atoms with Gasteiger partial charge in [0.25, 0.3) is 0 Å². The average molecular weight is 313 g/mol. The second-order valence-electron chi connectivity index (χ2n) is 4.66. The first-order valence-electron chi connectivity index (χ1n) is 7.15. The van der Waals surface area contributed by atoms with Crippen LogP contribution in [-0.4, -0.2) is 32.6 Å². The summed E-state index contributed by atoms with van der Waals surface area (Å²) in [5, 5.41) is 2.93. The summed E-state index contributed by atoms with van der Waals surface area (Å²) < 4.78 is 23.0. The third-order valence-electron chi connectivity index (χ3n) is 3.04. The summed E-state index contributed by atoms with van der Waals surface area (Å²) in [6.45, 7) is 4.31. The van der Waals surface area contributed by atoms with Crippen LogP contribution < -0.4 is 5.32 Å². The van der Waals surface area contributed by atoms with Gasteiger partial charge in [0.05, 0.1) is 25.4 Å². The Bertz CT molecular complexity index is 465. The van der Waals surface area contributed by atoms with Gasteiger partial charge in [0, 0.05) is 0 Å². The van der Waals surface area contributed by atoms with Gasteiger partial charge in [0.2, 0.25) is 0 Å². The van der Waals surface area contributed by atoms with Crippen LogP contribution in [0.25, 0.3) is 0 Å². The summed E-state index contributed by atoms with van der Waals surface area (Å²) in [5.41, 5.74) is 1.95. The maximum Gasteiger partial charge on any atom is 0.335 e. The molecule has 1 rings (SSSR count). The molecule has 0 bridgehead atoms. The van der Waals surface area contributed by atoms with E-state index in [1.807, 2.05) is 24.3 Å². The number of carbonyl (C=O) groups is 1. The number of likely N-dealkylation sites (N-methyl/N-ethyl adjacent to an activating group) is 1. The van der Waals surface area contributed by atoms with Crippen molar-refractivity contribution in [3.63, 3.8) is 0 Å². The predicted molar refractivity (Wildman–Crippen MR) is 83.6 cm³/mol. The number of hydrogen-bond donors (Lipinski definition) is 1. The van der Waals surface area contributed by atoms with Gasteiger partial charge in [-0.05, 0) is 38.4 Å². The molecule has 0 saturated carbocycles. The second-order valence-corrected chi connectivity index (χ2v) is 6.71. The lowest BCUT2D eigenvalue weighted by Gasteiger charge is -2.17. The van der Waals surface area contributed by atoms with Gasteiger partial charge in [-0.15, -0.1) is 0 Å². The van der Waals surface area contributed by atoms with Crippen LogP contribution in [-0.2, 0) is 31.0 Å². The van der Waals surface area contributed by atoms with E-state index in [1.165, 1.54) is 0 Å². The smallest absolute Gasteiger partial charge is 0.311 e. The van der Waals surface area contributed by atoms with Crippen LogP contribution in [0.4, 0.5) is 0 Å². The zero-order valence-electron chi connectivity index (χ0n) is 12.9. The van der Waals surface area contributed by atoms with Gasteiger partial charge in [-0.2, -0.15) is 0 Å². The lowest BCUT2D eigenvalue weighted by molar-refractivity contribution is -0.109. The molecule has 0 saturated heterocycles. The van der Waals surface area contributed by atoms with Crippen molar-refractivity contribution >= 4 is 13.9 Å². The minimum absolute atomic E-state index is 0.186. The first-order valence-corrected chi connectivity index (χ1v) is 8.88. The van der Waals surface area contributed by atoms with Gasteiger partial charge in [-0.3, -0.25) is 4.57 Å². The first kappa shape index (κ1) is 18.1.